The molecule has 1 aliphatic heterocycles. The number of amides is 1. The Morgan fingerprint density at radius 1 is 1.58 bits per heavy atom. The van der Waals surface area contributed by atoms with Crippen molar-refractivity contribution in [3.63, 3.8) is 0 Å². The van der Waals surface area contributed by atoms with Crippen molar-refractivity contribution in [1.29, 1.82) is 0 Å². The van der Waals surface area contributed by atoms with Crippen molar-refractivity contribution in [1.82, 2.24) is 4.90 Å². The summed E-state index contributed by atoms with van der Waals surface area (Å²) in [5.41, 5.74) is 7.45. The van der Waals surface area contributed by atoms with Crippen LogP contribution in [-0.4, -0.2) is 41.1 Å². The number of nitrogen functional groups attached to an aromatic ring is 1. The highest BCUT2D eigenvalue weighted by atomic mass is 16.3. The van der Waals surface area contributed by atoms with Crippen LogP contribution in [0.15, 0.2) is 18.2 Å². The minimum absolute atomic E-state index is 0.103. The van der Waals surface area contributed by atoms with Crippen LogP contribution < -0.4 is 11.1 Å². The number of β-amino-alcohol motifs (C(OH)–C–C–N with tert-alkyl or cyclic N) is 1. The van der Waals surface area contributed by atoms with Crippen LogP contribution in [0.1, 0.15) is 18.9 Å². The SMILES string of the molecule is Cc1ccc(NC(=O)CN2CCC(C)(O)C2)c(N)c1. The van der Waals surface area contributed by atoms with Gasteiger partial charge >= 0.3 is 0 Å². The van der Waals surface area contributed by atoms with E-state index in [2.05, 4.69) is 5.32 Å². The Kier molecular flexibility index (Phi) is 3.78. The van der Waals surface area contributed by atoms with Gasteiger partial charge in [-0.2, -0.15) is 0 Å². The van der Waals surface area contributed by atoms with E-state index < -0.39 is 5.60 Å². The maximum atomic E-state index is 11.9. The highest BCUT2D eigenvalue weighted by Gasteiger charge is 2.31. The quantitative estimate of drug-likeness (QED) is 0.710. The van der Waals surface area contributed by atoms with Crippen molar-refractivity contribution in [2.24, 2.45) is 0 Å². The van der Waals surface area contributed by atoms with Gasteiger partial charge in [0.2, 0.25) is 5.91 Å². The molecule has 0 radical (unpaired) electrons. The van der Waals surface area contributed by atoms with E-state index in [1.54, 1.807) is 6.92 Å². The predicted molar refractivity (Wildman–Crippen MR) is 75.9 cm³/mol. The van der Waals surface area contributed by atoms with Crippen LogP contribution in [0, 0.1) is 6.92 Å². The molecule has 0 aromatic heterocycles. The largest absolute Gasteiger partial charge is 0.397 e. The third-order valence-electron chi connectivity index (χ3n) is 3.38. The van der Waals surface area contributed by atoms with Crippen molar-refractivity contribution in [2.75, 3.05) is 30.7 Å². The summed E-state index contributed by atoms with van der Waals surface area (Å²) in [6.07, 6.45) is 0.701. The van der Waals surface area contributed by atoms with Crippen LogP contribution in [0.3, 0.4) is 0 Å². The zero-order valence-corrected chi connectivity index (χ0v) is 11.4. The first-order valence-electron chi connectivity index (χ1n) is 6.46. The fourth-order valence-electron chi connectivity index (χ4n) is 2.36. The van der Waals surface area contributed by atoms with Crippen molar-refractivity contribution in [2.45, 2.75) is 25.9 Å². The highest BCUT2D eigenvalue weighted by Crippen LogP contribution is 2.21. The molecule has 1 atom stereocenters. The molecule has 0 saturated carbocycles. The van der Waals surface area contributed by atoms with Crippen LogP contribution in [0.5, 0.6) is 0 Å². The average molecular weight is 263 g/mol. The summed E-state index contributed by atoms with van der Waals surface area (Å²) in [6, 6.07) is 5.55. The Morgan fingerprint density at radius 3 is 2.89 bits per heavy atom. The molecule has 1 aliphatic rings. The first kappa shape index (κ1) is 13.8. The Balaban J connectivity index is 1.91. The average Bonchev–Trinajstić information content (AvgIpc) is 2.62. The molecule has 2 rings (SSSR count). The van der Waals surface area contributed by atoms with Crippen LogP contribution in [0.25, 0.3) is 0 Å². The number of carbonyl (C=O) groups is 1. The van der Waals surface area contributed by atoms with Gasteiger partial charge in [0.25, 0.3) is 0 Å². The molecular weight excluding hydrogens is 242 g/mol. The summed E-state index contributed by atoms with van der Waals surface area (Å²) in [7, 11) is 0. The van der Waals surface area contributed by atoms with Gasteiger partial charge in [-0.05, 0) is 38.0 Å². The molecule has 1 fully saturated rings. The second-order valence-corrected chi connectivity index (χ2v) is 5.60. The van der Waals surface area contributed by atoms with Gasteiger partial charge in [0.1, 0.15) is 0 Å². The van der Waals surface area contributed by atoms with Gasteiger partial charge in [0, 0.05) is 13.1 Å². The van der Waals surface area contributed by atoms with E-state index in [0.717, 1.165) is 12.1 Å². The van der Waals surface area contributed by atoms with Crippen molar-refractivity contribution >= 4 is 17.3 Å². The maximum absolute atomic E-state index is 11.9. The third kappa shape index (κ3) is 3.68. The van der Waals surface area contributed by atoms with Gasteiger partial charge in [0.15, 0.2) is 0 Å². The van der Waals surface area contributed by atoms with Crippen LogP contribution in [-0.2, 0) is 4.79 Å². The number of hydrogen-bond donors (Lipinski definition) is 3. The Labute approximate surface area is 113 Å². The lowest BCUT2D eigenvalue weighted by molar-refractivity contribution is -0.117. The molecule has 0 bridgehead atoms. The standard InChI is InChI=1S/C14H21N3O2/c1-10-3-4-12(11(15)7-10)16-13(18)8-17-6-5-14(2,19)9-17/h3-4,7,19H,5-6,8-9,15H2,1-2H3,(H,16,18). The minimum Gasteiger partial charge on any atom is -0.397 e. The number of nitrogens with one attached hydrogen (secondary N) is 1. The van der Waals surface area contributed by atoms with Gasteiger partial charge in [-0.3, -0.25) is 9.69 Å². The van der Waals surface area contributed by atoms with E-state index in [1.165, 1.54) is 0 Å². The first-order valence-corrected chi connectivity index (χ1v) is 6.46. The van der Waals surface area contributed by atoms with Gasteiger partial charge in [-0.1, -0.05) is 6.07 Å². The molecule has 4 N–H and O–H groups in total. The molecule has 104 valence electrons. The van der Waals surface area contributed by atoms with E-state index in [-0.39, 0.29) is 12.5 Å². The number of likely N-dealkylation sites (tertiary alicyclic amines) is 1. The molecule has 1 amide bonds. The van der Waals surface area contributed by atoms with Crippen molar-refractivity contribution in [3.05, 3.63) is 23.8 Å². The summed E-state index contributed by atoms with van der Waals surface area (Å²) in [5.74, 6) is -0.103. The normalized spacial score (nSPS) is 23.5. The summed E-state index contributed by atoms with van der Waals surface area (Å²) >= 11 is 0. The molecule has 1 saturated heterocycles. The molecule has 1 heterocycles. The molecule has 19 heavy (non-hydrogen) atoms. The Bertz CT molecular complexity index is 486. The summed E-state index contributed by atoms with van der Waals surface area (Å²) in [6.45, 7) is 5.30. The van der Waals surface area contributed by atoms with E-state index in [9.17, 15) is 9.90 Å². The molecule has 0 aliphatic carbocycles. The number of aryl methyl sites for hydroxylation is 1. The molecular formula is C14H21N3O2. The smallest absolute Gasteiger partial charge is 0.238 e. The number of anilines is 2. The van der Waals surface area contributed by atoms with Crippen LogP contribution in [0.2, 0.25) is 0 Å². The summed E-state index contributed by atoms with van der Waals surface area (Å²) < 4.78 is 0. The minimum atomic E-state index is -0.677. The molecule has 5 nitrogen and oxygen atoms in total. The fraction of sp³-hybridized carbons (Fsp3) is 0.500. The Morgan fingerprint density at radius 2 is 2.32 bits per heavy atom. The zero-order valence-electron chi connectivity index (χ0n) is 11.4. The van der Waals surface area contributed by atoms with Gasteiger partial charge < -0.3 is 16.2 Å². The van der Waals surface area contributed by atoms with Gasteiger partial charge in [-0.15, -0.1) is 0 Å². The lowest BCUT2D eigenvalue weighted by atomic mass is 10.1. The highest BCUT2D eigenvalue weighted by molar-refractivity contribution is 5.95. The van der Waals surface area contributed by atoms with E-state index >= 15 is 0 Å². The van der Waals surface area contributed by atoms with Crippen molar-refractivity contribution < 1.29 is 9.90 Å². The number of rotatable bonds is 3. The van der Waals surface area contributed by atoms with E-state index in [4.69, 9.17) is 5.73 Å². The third-order valence-corrected chi connectivity index (χ3v) is 3.38. The topological polar surface area (TPSA) is 78.6 Å². The van der Waals surface area contributed by atoms with Crippen LogP contribution >= 0.6 is 0 Å². The number of carbonyl (C=O) groups excluding carboxylic acids is 1. The van der Waals surface area contributed by atoms with Gasteiger partial charge in [-0.25, -0.2) is 0 Å². The zero-order chi connectivity index (χ0) is 14.0. The number of hydrogen-bond acceptors (Lipinski definition) is 4. The second kappa shape index (κ2) is 5.19. The molecule has 1 aromatic rings. The second-order valence-electron chi connectivity index (χ2n) is 5.60. The molecule has 1 unspecified atom stereocenters. The molecule has 1 aromatic carbocycles. The lowest BCUT2D eigenvalue weighted by Crippen LogP contribution is -2.35. The monoisotopic (exact) mass is 263 g/mol. The first-order chi connectivity index (χ1) is 8.85. The summed E-state index contributed by atoms with van der Waals surface area (Å²) in [5, 5.41) is 12.7. The van der Waals surface area contributed by atoms with Crippen molar-refractivity contribution in [3.8, 4) is 0 Å². The molecule has 5 heteroatoms. The number of nitrogens with two attached hydrogens (primary N) is 1. The lowest BCUT2D eigenvalue weighted by Gasteiger charge is -2.18. The summed E-state index contributed by atoms with van der Waals surface area (Å²) in [4.78, 5) is 13.9. The predicted octanol–water partition coefficient (Wildman–Crippen LogP) is 0.972. The fourth-order valence-corrected chi connectivity index (χ4v) is 2.36. The van der Waals surface area contributed by atoms with E-state index in [0.29, 0.717) is 24.3 Å². The van der Waals surface area contributed by atoms with Crippen LogP contribution in [0.4, 0.5) is 11.4 Å². The molecule has 0 spiro atoms. The maximum Gasteiger partial charge on any atom is 0.238 e. The number of benzene rings is 1. The number of aliphatic hydroxyl groups is 1. The van der Waals surface area contributed by atoms with Gasteiger partial charge in [0.05, 0.1) is 23.5 Å². The number of nitrogens with zero attached hydrogens (tertiary/aromatic N) is 1. The van der Waals surface area contributed by atoms with E-state index in [1.807, 2.05) is 30.0 Å². The Hall–Kier alpha value is -1.59.